The van der Waals surface area contributed by atoms with Crippen LogP contribution in [0.5, 0.6) is 0 Å². The third-order valence-electron chi connectivity index (χ3n) is 3.04. The Kier molecular flexibility index (Phi) is 3.41. The van der Waals surface area contributed by atoms with Crippen molar-refractivity contribution >= 4 is 17.4 Å². The molecule has 104 valence electrons. The number of rotatable bonds is 4. The van der Waals surface area contributed by atoms with Crippen LogP contribution >= 0.6 is 0 Å². The summed E-state index contributed by atoms with van der Waals surface area (Å²) in [5.74, 6) is 0.325. The molecule has 2 N–H and O–H groups in total. The standard InChI is InChI=1S/C11H17N5O3/c1-6(2)15-11(10(16(18)19)7(3)14-15)13-8-4-9(17)12-5-8/h6,8,13H,4-5H2,1-3H3,(H,12,17). The second-order valence-corrected chi connectivity index (χ2v) is 4.93. The quantitative estimate of drug-likeness (QED) is 0.625. The lowest BCUT2D eigenvalue weighted by Gasteiger charge is -2.15. The number of hydrogen-bond acceptors (Lipinski definition) is 5. The molecule has 8 heteroatoms. The molecular formula is C11H17N5O3. The van der Waals surface area contributed by atoms with Crippen LogP contribution in [0, 0.1) is 17.0 Å². The fourth-order valence-corrected chi connectivity index (χ4v) is 2.17. The first-order chi connectivity index (χ1) is 8.90. The van der Waals surface area contributed by atoms with Crippen LogP contribution in [0.1, 0.15) is 32.0 Å². The molecule has 2 rings (SSSR count). The van der Waals surface area contributed by atoms with Crippen molar-refractivity contribution in [3.63, 3.8) is 0 Å². The van der Waals surface area contributed by atoms with Crippen LogP contribution in [0.4, 0.5) is 11.5 Å². The number of aryl methyl sites for hydroxylation is 1. The van der Waals surface area contributed by atoms with E-state index in [9.17, 15) is 14.9 Å². The van der Waals surface area contributed by atoms with Gasteiger partial charge < -0.3 is 10.6 Å². The number of nitrogens with one attached hydrogen (secondary N) is 2. The molecule has 1 aliphatic heterocycles. The topological polar surface area (TPSA) is 102 Å². The van der Waals surface area contributed by atoms with Gasteiger partial charge in [0.2, 0.25) is 11.7 Å². The van der Waals surface area contributed by atoms with Crippen molar-refractivity contribution in [1.29, 1.82) is 0 Å². The minimum Gasteiger partial charge on any atom is -0.359 e. The molecule has 0 aromatic carbocycles. The van der Waals surface area contributed by atoms with Crippen molar-refractivity contribution in [2.75, 3.05) is 11.9 Å². The Hall–Kier alpha value is -2.12. The summed E-state index contributed by atoms with van der Waals surface area (Å²) in [6.45, 7) is 5.89. The Balaban J connectivity index is 2.35. The van der Waals surface area contributed by atoms with E-state index in [1.54, 1.807) is 11.6 Å². The minimum atomic E-state index is -0.437. The number of carbonyl (C=O) groups is 1. The van der Waals surface area contributed by atoms with Crippen LogP contribution in [0.2, 0.25) is 0 Å². The predicted octanol–water partition coefficient (Wildman–Crippen LogP) is 0.981. The molecule has 1 amide bonds. The van der Waals surface area contributed by atoms with Crippen molar-refractivity contribution in [2.24, 2.45) is 0 Å². The van der Waals surface area contributed by atoms with Crippen LogP contribution in [-0.4, -0.2) is 33.2 Å². The summed E-state index contributed by atoms with van der Waals surface area (Å²) in [5.41, 5.74) is 0.353. The second kappa shape index (κ2) is 4.87. The first kappa shape index (κ1) is 13.3. The van der Waals surface area contributed by atoms with Gasteiger partial charge in [0.25, 0.3) is 0 Å². The number of nitrogens with zero attached hydrogens (tertiary/aromatic N) is 3. The highest BCUT2D eigenvalue weighted by Gasteiger charge is 2.30. The molecule has 0 spiro atoms. The highest BCUT2D eigenvalue weighted by atomic mass is 16.6. The Bertz CT molecular complexity index is 523. The lowest BCUT2D eigenvalue weighted by Crippen LogP contribution is -2.24. The van der Waals surface area contributed by atoms with E-state index in [1.807, 2.05) is 13.8 Å². The number of nitro groups is 1. The third kappa shape index (κ3) is 2.51. The van der Waals surface area contributed by atoms with Crippen LogP contribution in [0.25, 0.3) is 0 Å². The van der Waals surface area contributed by atoms with Gasteiger partial charge in [-0.25, -0.2) is 4.68 Å². The SMILES string of the molecule is Cc1nn(C(C)C)c(NC2CNC(=O)C2)c1[N+](=O)[O-]. The largest absolute Gasteiger partial charge is 0.359 e. The van der Waals surface area contributed by atoms with Gasteiger partial charge in [0, 0.05) is 19.0 Å². The number of anilines is 1. The summed E-state index contributed by atoms with van der Waals surface area (Å²) >= 11 is 0. The zero-order chi connectivity index (χ0) is 14.2. The number of carbonyl (C=O) groups excluding carboxylic acids is 1. The van der Waals surface area contributed by atoms with E-state index in [2.05, 4.69) is 15.7 Å². The summed E-state index contributed by atoms with van der Waals surface area (Å²) in [6.07, 6.45) is 0.319. The predicted molar refractivity (Wildman–Crippen MR) is 69.0 cm³/mol. The lowest BCUT2D eigenvalue weighted by atomic mass is 10.2. The van der Waals surface area contributed by atoms with Crippen LogP contribution in [0.3, 0.4) is 0 Å². The monoisotopic (exact) mass is 267 g/mol. The fourth-order valence-electron chi connectivity index (χ4n) is 2.17. The maximum atomic E-state index is 11.2. The van der Waals surface area contributed by atoms with E-state index in [0.29, 0.717) is 24.5 Å². The van der Waals surface area contributed by atoms with Crippen LogP contribution in [0.15, 0.2) is 0 Å². The smallest absolute Gasteiger partial charge is 0.333 e. The average molecular weight is 267 g/mol. The highest BCUT2D eigenvalue weighted by molar-refractivity contribution is 5.80. The maximum absolute atomic E-state index is 11.2. The molecule has 0 saturated carbocycles. The first-order valence-electron chi connectivity index (χ1n) is 6.17. The van der Waals surface area contributed by atoms with Crippen LogP contribution < -0.4 is 10.6 Å². The van der Waals surface area contributed by atoms with Gasteiger partial charge in [0.15, 0.2) is 0 Å². The van der Waals surface area contributed by atoms with Crippen molar-refractivity contribution in [3.05, 3.63) is 15.8 Å². The molecule has 1 atom stereocenters. The number of hydrogen-bond donors (Lipinski definition) is 2. The van der Waals surface area contributed by atoms with Crippen molar-refractivity contribution in [1.82, 2.24) is 15.1 Å². The molecule has 0 bridgehead atoms. The van der Waals surface area contributed by atoms with Crippen molar-refractivity contribution < 1.29 is 9.72 Å². The molecule has 1 aliphatic rings. The van der Waals surface area contributed by atoms with Gasteiger partial charge in [-0.3, -0.25) is 14.9 Å². The number of aromatic nitrogens is 2. The maximum Gasteiger partial charge on any atom is 0.333 e. The molecule has 1 unspecified atom stereocenters. The summed E-state index contributed by atoms with van der Waals surface area (Å²) in [4.78, 5) is 21.9. The van der Waals surface area contributed by atoms with Gasteiger partial charge >= 0.3 is 5.69 Å². The van der Waals surface area contributed by atoms with E-state index in [1.165, 1.54) is 0 Å². The summed E-state index contributed by atoms with van der Waals surface area (Å²) in [6, 6.07) is -0.139. The Morgan fingerprint density at radius 1 is 1.58 bits per heavy atom. The van der Waals surface area contributed by atoms with E-state index >= 15 is 0 Å². The van der Waals surface area contributed by atoms with Gasteiger partial charge in [-0.2, -0.15) is 5.10 Å². The number of amides is 1. The van der Waals surface area contributed by atoms with Gasteiger partial charge in [0.1, 0.15) is 5.69 Å². The summed E-state index contributed by atoms with van der Waals surface area (Å²) < 4.78 is 1.59. The molecule has 1 aromatic heterocycles. The zero-order valence-corrected chi connectivity index (χ0v) is 11.1. The highest BCUT2D eigenvalue weighted by Crippen LogP contribution is 2.31. The molecule has 8 nitrogen and oxygen atoms in total. The van der Waals surface area contributed by atoms with Gasteiger partial charge in [0.05, 0.1) is 11.0 Å². The van der Waals surface area contributed by atoms with E-state index < -0.39 is 4.92 Å². The van der Waals surface area contributed by atoms with Gasteiger partial charge in [-0.1, -0.05) is 0 Å². The molecule has 1 fully saturated rings. The van der Waals surface area contributed by atoms with Crippen LogP contribution in [-0.2, 0) is 4.79 Å². The third-order valence-corrected chi connectivity index (χ3v) is 3.04. The minimum absolute atomic E-state index is 0.0000335. The summed E-state index contributed by atoms with van der Waals surface area (Å²) in [5, 5.41) is 21.1. The zero-order valence-electron chi connectivity index (χ0n) is 11.1. The summed E-state index contributed by atoms with van der Waals surface area (Å²) in [7, 11) is 0. The van der Waals surface area contributed by atoms with Gasteiger partial charge in [-0.15, -0.1) is 0 Å². The molecule has 2 heterocycles. The Labute approximate surface area is 110 Å². The van der Waals surface area contributed by atoms with E-state index in [0.717, 1.165) is 0 Å². The van der Waals surface area contributed by atoms with Gasteiger partial charge in [-0.05, 0) is 20.8 Å². The fraction of sp³-hybridized carbons (Fsp3) is 0.636. The van der Waals surface area contributed by atoms with Crippen molar-refractivity contribution in [2.45, 2.75) is 39.3 Å². The molecular weight excluding hydrogens is 250 g/mol. The normalized spacial score (nSPS) is 18.7. The molecule has 1 saturated heterocycles. The molecule has 19 heavy (non-hydrogen) atoms. The van der Waals surface area contributed by atoms with E-state index in [4.69, 9.17) is 0 Å². The van der Waals surface area contributed by atoms with E-state index in [-0.39, 0.29) is 23.7 Å². The lowest BCUT2D eigenvalue weighted by molar-refractivity contribution is -0.384. The molecule has 0 aliphatic carbocycles. The van der Waals surface area contributed by atoms with Crippen molar-refractivity contribution in [3.8, 4) is 0 Å². The second-order valence-electron chi connectivity index (χ2n) is 4.93. The molecule has 1 aromatic rings. The molecule has 0 radical (unpaired) electrons. The average Bonchev–Trinajstić information content (AvgIpc) is 2.83. The Morgan fingerprint density at radius 3 is 2.74 bits per heavy atom. The first-order valence-corrected chi connectivity index (χ1v) is 6.17. The Morgan fingerprint density at radius 2 is 2.26 bits per heavy atom.